The van der Waals surface area contributed by atoms with Gasteiger partial charge in [-0.15, -0.1) is 11.3 Å². The lowest BCUT2D eigenvalue weighted by Gasteiger charge is -2.05. The van der Waals surface area contributed by atoms with Crippen LogP contribution in [-0.2, 0) is 0 Å². The summed E-state index contributed by atoms with van der Waals surface area (Å²) in [4.78, 5) is 13.0. The highest BCUT2D eigenvalue weighted by Crippen LogP contribution is 2.32. The highest BCUT2D eigenvalue weighted by Gasteiger charge is 2.13. The Balaban J connectivity index is 2.30. The van der Waals surface area contributed by atoms with E-state index in [1.165, 1.54) is 11.3 Å². The van der Waals surface area contributed by atoms with Crippen LogP contribution >= 0.6 is 46.1 Å². The maximum atomic E-state index is 6.17. The number of thiazole rings is 1. The molecule has 0 spiro atoms. The summed E-state index contributed by atoms with van der Waals surface area (Å²) in [6.07, 6.45) is 0. The molecule has 0 aliphatic heterocycles. The van der Waals surface area contributed by atoms with E-state index in [2.05, 4.69) is 15.0 Å². The predicted molar refractivity (Wildman–Crippen MR) is 80.4 cm³/mol. The lowest BCUT2D eigenvalue weighted by atomic mass is 10.2. The Morgan fingerprint density at radius 2 is 1.84 bits per heavy atom. The second-order valence-corrected chi connectivity index (χ2v) is 6.14. The van der Waals surface area contributed by atoms with Crippen molar-refractivity contribution in [3.05, 3.63) is 37.7 Å². The Hall–Kier alpha value is -0.940. The quantitative estimate of drug-likeness (QED) is 0.588. The van der Waals surface area contributed by atoms with Crippen LogP contribution in [0.5, 0.6) is 0 Å². The van der Waals surface area contributed by atoms with E-state index in [0.717, 1.165) is 5.01 Å². The Morgan fingerprint density at radius 3 is 2.53 bits per heavy atom. The van der Waals surface area contributed by atoms with Gasteiger partial charge in [0.2, 0.25) is 0 Å². The normalized spacial score (nSPS) is 11.2. The third-order valence-corrected chi connectivity index (χ3v) is 4.09. The number of benzene rings is 1. The van der Waals surface area contributed by atoms with Gasteiger partial charge in [0.05, 0.1) is 15.5 Å². The summed E-state index contributed by atoms with van der Waals surface area (Å²) in [7, 11) is 0. The summed E-state index contributed by atoms with van der Waals surface area (Å²) in [5.41, 5.74) is 1.27. The van der Waals surface area contributed by atoms with E-state index in [-0.39, 0.29) is 0 Å². The molecule has 3 rings (SSSR count). The van der Waals surface area contributed by atoms with Crippen molar-refractivity contribution in [1.29, 1.82) is 0 Å². The molecule has 0 bridgehead atoms. The lowest BCUT2D eigenvalue weighted by Crippen LogP contribution is -1.93. The van der Waals surface area contributed by atoms with Crippen LogP contribution in [0.25, 0.3) is 22.4 Å². The highest BCUT2D eigenvalue weighted by molar-refractivity contribution is 7.09. The molecule has 19 heavy (non-hydrogen) atoms. The fraction of sp³-hybridized carbons (Fsp3) is 0.0833. The van der Waals surface area contributed by atoms with Crippen LogP contribution in [0.1, 0.15) is 5.01 Å². The second kappa shape index (κ2) is 4.87. The second-order valence-electron chi connectivity index (χ2n) is 3.87. The number of aromatic nitrogens is 3. The third kappa shape index (κ3) is 2.41. The number of fused-ring (bicyclic) bond motifs is 1. The molecule has 0 saturated carbocycles. The van der Waals surface area contributed by atoms with Crippen molar-refractivity contribution in [3.63, 3.8) is 0 Å². The molecule has 0 aliphatic rings. The van der Waals surface area contributed by atoms with E-state index in [4.69, 9.17) is 34.8 Å². The predicted octanol–water partition coefficient (Wildman–Crippen LogP) is 5.02. The fourth-order valence-corrected chi connectivity index (χ4v) is 3.05. The molecule has 0 atom stereocenters. The van der Waals surface area contributed by atoms with Crippen LogP contribution in [0.3, 0.4) is 0 Å². The molecule has 3 nitrogen and oxygen atoms in total. The van der Waals surface area contributed by atoms with E-state index in [1.54, 1.807) is 12.1 Å². The van der Waals surface area contributed by atoms with Crippen LogP contribution in [0.2, 0.25) is 15.2 Å². The van der Waals surface area contributed by atoms with Gasteiger partial charge in [-0.1, -0.05) is 34.8 Å². The molecule has 2 heterocycles. The smallest absolute Gasteiger partial charge is 0.181 e. The van der Waals surface area contributed by atoms with Gasteiger partial charge in [0.25, 0.3) is 0 Å². The van der Waals surface area contributed by atoms with Crippen molar-refractivity contribution in [1.82, 2.24) is 15.0 Å². The van der Waals surface area contributed by atoms with Gasteiger partial charge in [0.15, 0.2) is 5.82 Å². The Bertz CT molecular complexity index is 785. The third-order valence-electron chi connectivity index (χ3n) is 2.52. The molecular weight excluding hydrogens is 325 g/mol. The standard InChI is InChI=1S/C12H6Cl3N3S/c1-5-16-9(4-19-5)12-17-10-7(11(15)18-12)2-6(13)3-8(10)14/h2-4H,1H3. The van der Waals surface area contributed by atoms with E-state index in [0.29, 0.717) is 37.6 Å². The highest BCUT2D eigenvalue weighted by atomic mass is 35.5. The van der Waals surface area contributed by atoms with Crippen molar-refractivity contribution in [2.75, 3.05) is 0 Å². The summed E-state index contributed by atoms with van der Waals surface area (Å²) in [5, 5.41) is 4.72. The molecule has 0 amide bonds. The molecule has 0 N–H and O–H groups in total. The molecule has 3 aromatic rings. The van der Waals surface area contributed by atoms with E-state index in [1.807, 2.05) is 12.3 Å². The van der Waals surface area contributed by atoms with Gasteiger partial charge in [-0.3, -0.25) is 0 Å². The molecular formula is C12H6Cl3N3S. The first-order valence-corrected chi connectivity index (χ1v) is 7.31. The molecule has 0 radical (unpaired) electrons. The molecule has 96 valence electrons. The van der Waals surface area contributed by atoms with Gasteiger partial charge in [-0.05, 0) is 19.1 Å². The maximum Gasteiger partial charge on any atom is 0.181 e. The van der Waals surface area contributed by atoms with Gasteiger partial charge in [-0.25, -0.2) is 15.0 Å². The van der Waals surface area contributed by atoms with Gasteiger partial charge in [0.1, 0.15) is 10.8 Å². The van der Waals surface area contributed by atoms with Gasteiger partial charge in [0, 0.05) is 15.8 Å². The minimum absolute atomic E-state index is 0.315. The minimum atomic E-state index is 0.315. The number of aryl methyl sites for hydroxylation is 1. The Labute approximate surface area is 128 Å². The van der Waals surface area contributed by atoms with E-state index in [9.17, 15) is 0 Å². The first kappa shape index (κ1) is 13.1. The summed E-state index contributed by atoms with van der Waals surface area (Å²) < 4.78 is 0. The first-order chi connectivity index (χ1) is 9.04. The monoisotopic (exact) mass is 329 g/mol. The van der Waals surface area contributed by atoms with Crippen molar-refractivity contribution in [2.24, 2.45) is 0 Å². The average molecular weight is 331 g/mol. The number of hydrogen-bond acceptors (Lipinski definition) is 4. The lowest BCUT2D eigenvalue weighted by molar-refractivity contribution is 1.18. The molecule has 0 saturated heterocycles. The van der Waals surface area contributed by atoms with Crippen LogP contribution in [-0.4, -0.2) is 15.0 Å². The molecule has 0 fully saturated rings. The summed E-state index contributed by atoms with van der Waals surface area (Å²) in [5.74, 6) is 0.464. The minimum Gasteiger partial charge on any atom is -0.238 e. The number of nitrogens with zero attached hydrogens (tertiary/aromatic N) is 3. The Kier molecular flexibility index (Phi) is 3.35. The first-order valence-electron chi connectivity index (χ1n) is 5.29. The van der Waals surface area contributed by atoms with Gasteiger partial charge >= 0.3 is 0 Å². The molecule has 1 aromatic carbocycles. The summed E-state index contributed by atoms with van der Waals surface area (Å²) >= 11 is 19.8. The number of hydrogen-bond donors (Lipinski definition) is 0. The van der Waals surface area contributed by atoms with Crippen LogP contribution < -0.4 is 0 Å². The van der Waals surface area contributed by atoms with Crippen molar-refractivity contribution in [3.8, 4) is 11.5 Å². The average Bonchev–Trinajstić information content (AvgIpc) is 2.77. The summed E-state index contributed by atoms with van der Waals surface area (Å²) in [6, 6.07) is 3.33. The van der Waals surface area contributed by atoms with Crippen molar-refractivity contribution < 1.29 is 0 Å². The number of halogens is 3. The largest absolute Gasteiger partial charge is 0.238 e. The van der Waals surface area contributed by atoms with Crippen molar-refractivity contribution in [2.45, 2.75) is 6.92 Å². The molecule has 0 unspecified atom stereocenters. The van der Waals surface area contributed by atoms with Crippen molar-refractivity contribution >= 4 is 57.0 Å². The number of rotatable bonds is 1. The molecule has 2 aromatic heterocycles. The van der Waals surface area contributed by atoms with E-state index >= 15 is 0 Å². The Morgan fingerprint density at radius 1 is 1.05 bits per heavy atom. The SMILES string of the molecule is Cc1nc(-c2nc(Cl)c3cc(Cl)cc(Cl)c3n2)cs1. The maximum absolute atomic E-state index is 6.17. The fourth-order valence-electron chi connectivity index (χ4n) is 1.70. The zero-order valence-electron chi connectivity index (χ0n) is 9.62. The zero-order valence-corrected chi connectivity index (χ0v) is 12.7. The topological polar surface area (TPSA) is 38.7 Å². The van der Waals surface area contributed by atoms with E-state index < -0.39 is 0 Å². The van der Waals surface area contributed by atoms with Gasteiger partial charge in [-0.2, -0.15) is 0 Å². The zero-order chi connectivity index (χ0) is 13.6. The van der Waals surface area contributed by atoms with Crippen LogP contribution in [0, 0.1) is 6.92 Å². The van der Waals surface area contributed by atoms with Crippen LogP contribution in [0.15, 0.2) is 17.5 Å². The van der Waals surface area contributed by atoms with Gasteiger partial charge < -0.3 is 0 Å². The van der Waals surface area contributed by atoms with Crippen LogP contribution in [0.4, 0.5) is 0 Å². The molecule has 7 heteroatoms. The molecule has 0 aliphatic carbocycles. The summed E-state index contributed by atoms with van der Waals surface area (Å²) in [6.45, 7) is 1.92.